The molecule has 0 aliphatic rings. The molecule has 0 spiro atoms. The van der Waals surface area contributed by atoms with E-state index in [0.717, 1.165) is 27.1 Å². The van der Waals surface area contributed by atoms with Crippen LogP contribution in [0.3, 0.4) is 0 Å². The van der Waals surface area contributed by atoms with E-state index in [2.05, 4.69) is 10.4 Å². The predicted octanol–water partition coefficient (Wildman–Crippen LogP) is 1.88. The van der Waals surface area contributed by atoms with Crippen molar-refractivity contribution in [3.05, 3.63) is 59.7 Å². The van der Waals surface area contributed by atoms with Crippen LogP contribution in [-0.4, -0.2) is 49.1 Å². The molecule has 0 bridgehead atoms. The number of aromatic nitrogens is 2. The number of carbonyl (C=O) groups is 1. The number of nitrogens with one attached hydrogen (secondary N) is 1. The normalized spacial score (nSPS) is 11.5. The van der Waals surface area contributed by atoms with E-state index in [1.165, 1.54) is 13.1 Å². The van der Waals surface area contributed by atoms with Crippen LogP contribution in [-0.2, 0) is 21.4 Å². The Morgan fingerprint density at radius 2 is 2.00 bits per heavy atom. The summed E-state index contributed by atoms with van der Waals surface area (Å²) in [6.07, 6.45) is 1.79. The van der Waals surface area contributed by atoms with E-state index < -0.39 is 15.9 Å². The van der Waals surface area contributed by atoms with Gasteiger partial charge < -0.3 is 10.1 Å². The molecule has 1 amide bonds. The number of nitrogens with zero attached hydrogens (tertiary/aromatic N) is 3. The molecule has 28 heavy (non-hydrogen) atoms. The van der Waals surface area contributed by atoms with Crippen molar-refractivity contribution in [1.82, 2.24) is 19.4 Å². The van der Waals surface area contributed by atoms with Gasteiger partial charge in [0.15, 0.2) is 0 Å². The van der Waals surface area contributed by atoms with Crippen LogP contribution < -0.4 is 10.1 Å². The molecule has 3 rings (SSSR count). The van der Waals surface area contributed by atoms with Crippen molar-refractivity contribution in [2.75, 3.05) is 20.7 Å². The molecule has 0 atom stereocenters. The Morgan fingerprint density at radius 3 is 2.64 bits per heavy atom. The Labute approximate surface area is 167 Å². The summed E-state index contributed by atoms with van der Waals surface area (Å²) in [6, 6.07) is 12.4. The number of methoxy groups -OCH3 is 1. The summed E-state index contributed by atoms with van der Waals surface area (Å²) in [7, 11) is -0.664. The van der Waals surface area contributed by atoms with E-state index in [4.69, 9.17) is 4.74 Å². The molecule has 2 aromatic heterocycles. The molecular formula is C18H20N4O4S2. The third kappa shape index (κ3) is 4.58. The number of carbonyl (C=O) groups excluding carboxylic acids is 1. The summed E-state index contributed by atoms with van der Waals surface area (Å²) in [5.41, 5.74) is 1.52. The van der Waals surface area contributed by atoms with Gasteiger partial charge >= 0.3 is 0 Å². The minimum atomic E-state index is -3.65. The van der Waals surface area contributed by atoms with Crippen molar-refractivity contribution in [3.63, 3.8) is 0 Å². The van der Waals surface area contributed by atoms with E-state index in [1.807, 2.05) is 24.3 Å². The molecule has 1 N–H and O–H groups in total. The van der Waals surface area contributed by atoms with Gasteiger partial charge in [0.1, 0.15) is 9.96 Å². The molecule has 0 saturated heterocycles. The molecule has 1 aromatic carbocycles. The maximum absolute atomic E-state index is 12.3. The Hall–Kier alpha value is -2.69. The number of likely N-dealkylation sites (N-methyl/N-ethyl adjacent to an activating group) is 1. The minimum absolute atomic E-state index is 0.203. The predicted molar refractivity (Wildman–Crippen MR) is 106 cm³/mol. The van der Waals surface area contributed by atoms with E-state index in [1.54, 1.807) is 35.5 Å². The SMILES string of the molecule is COc1ccc(-n2ccc(CNC(=O)CN(C)S(=O)(=O)c3cccs3)n2)cc1. The number of hydrogen-bond acceptors (Lipinski definition) is 6. The summed E-state index contributed by atoms with van der Waals surface area (Å²) in [5, 5.41) is 8.78. The second-order valence-corrected chi connectivity index (χ2v) is 9.14. The average Bonchev–Trinajstić information content (AvgIpc) is 3.38. The topological polar surface area (TPSA) is 93.5 Å². The van der Waals surface area contributed by atoms with Gasteiger partial charge in [-0.25, -0.2) is 13.1 Å². The Balaban J connectivity index is 1.55. The number of amides is 1. The summed E-state index contributed by atoms with van der Waals surface area (Å²) in [6.45, 7) is -0.0612. The molecule has 3 aromatic rings. The van der Waals surface area contributed by atoms with Crippen LogP contribution in [0.1, 0.15) is 5.69 Å². The van der Waals surface area contributed by atoms with Crippen molar-refractivity contribution in [3.8, 4) is 11.4 Å². The lowest BCUT2D eigenvalue weighted by molar-refractivity contribution is -0.121. The minimum Gasteiger partial charge on any atom is -0.497 e. The van der Waals surface area contributed by atoms with Crippen LogP contribution in [0, 0.1) is 0 Å². The maximum atomic E-state index is 12.3. The largest absolute Gasteiger partial charge is 0.497 e. The third-order valence-electron chi connectivity index (χ3n) is 3.97. The quantitative estimate of drug-likeness (QED) is 0.601. The maximum Gasteiger partial charge on any atom is 0.252 e. The Morgan fingerprint density at radius 1 is 1.25 bits per heavy atom. The Bertz CT molecular complexity index is 1030. The van der Waals surface area contributed by atoms with Gasteiger partial charge in [-0.3, -0.25) is 4.79 Å². The van der Waals surface area contributed by atoms with E-state index in [-0.39, 0.29) is 17.3 Å². The third-order valence-corrected chi connectivity index (χ3v) is 7.15. The van der Waals surface area contributed by atoms with Crippen LogP contribution in [0.15, 0.2) is 58.3 Å². The smallest absolute Gasteiger partial charge is 0.252 e. The van der Waals surface area contributed by atoms with E-state index in [0.29, 0.717) is 5.69 Å². The number of benzene rings is 1. The number of rotatable bonds is 8. The first-order chi connectivity index (χ1) is 13.4. The number of ether oxygens (including phenoxy) is 1. The van der Waals surface area contributed by atoms with Crippen LogP contribution in [0.25, 0.3) is 5.69 Å². The van der Waals surface area contributed by atoms with Crippen LogP contribution >= 0.6 is 11.3 Å². The fourth-order valence-corrected chi connectivity index (χ4v) is 4.76. The van der Waals surface area contributed by atoms with Crippen molar-refractivity contribution in [2.24, 2.45) is 0 Å². The second-order valence-electron chi connectivity index (χ2n) is 5.92. The highest BCUT2D eigenvalue weighted by Gasteiger charge is 2.23. The van der Waals surface area contributed by atoms with Gasteiger partial charge in [0.2, 0.25) is 5.91 Å². The summed E-state index contributed by atoms with van der Waals surface area (Å²) in [4.78, 5) is 12.1. The van der Waals surface area contributed by atoms with Gasteiger partial charge in [0.25, 0.3) is 10.0 Å². The molecule has 0 aliphatic heterocycles. The highest BCUT2D eigenvalue weighted by Crippen LogP contribution is 2.19. The lowest BCUT2D eigenvalue weighted by atomic mass is 10.3. The van der Waals surface area contributed by atoms with Gasteiger partial charge in [0.05, 0.1) is 31.6 Å². The van der Waals surface area contributed by atoms with Crippen molar-refractivity contribution < 1.29 is 17.9 Å². The molecule has 8 nitrogen and oxygen atoms in total. The highest BCUT2D eigenvalue weighted by atomic mass is 32.2. The first kappa shape index (κ1) is 20.1. The molecular weight excluding hydrogens is 400 g/mol. The van der Waals surface area contributed by atoms with Crippen molar-refractivity contribution in [2.45, 2.75) is 10.8 Å². The molecule has 148 valence electrons. The fourth-order valence-electron chi connectivity index (χ4n) is 2.43. The molecule has 0 radical (unpaired) electrons. The van der Waals surface area contributed by atoms with Gasteiger partial charge in [-0.1, -0.05) is 6.07 Å². The second kappa shape index (κ2) is 8.55. The molecule has 2 heterocycles. The molecule has 10 heteroatoms. The zero-order chi connectivity index (χ0) is 20.1. The monoisotopic (exact) mass is 420 g/mol. The molecule has 0 fully saturated rings. The molecule has 0 unspecified atom stereocenters. The zero-order valence-electron chi connectivity index (χ0n) is 15.4. The van der Waals surface area contributed by atoms with E-state index >= 15 is 0 Å². The molecule has 0 aliphatic carbocycles. The van der Waals surface area contributed by atoms with Crippen molar-refractivity contribution >= 4 is 27.3 Å². The van der Waals surface area contributed by atoms with Crippen molar-refractivity contribution in [1.29, 1.82) is 0 Å². The first-order valence-electron chi connectivity index (χ1n) is 8.35. The summed E-state index contributed by atoms with van der Waals surface area (Å²) >= 11 is 1.12. The zero-order valence-corrected chi connectivity index (χ0v) is 17.0. The van der Waals surface area contributed by atoms with Gasteiger partial charge in [-0.2, -0.15) is 9.40 Å². The highest BCUT2D eigenvalue weighted by molar-refractivity contribution is 7.91. The van der Waals surface area contributed by atoms with Crippen LogP contribution in [0.2, 0.25) is 0 Å². The standard InChI is InChI=1S/C18H20N4O4S2/c1-21(28(24,25)18-4-3-11-27-18)13-17(23)19-12-14-9-10-22(20-14)15-5-7-16(26-2)8-6-15/h3-11H,12-13H2,1-2H3,(H,19,23). The summed E-state index contributed by atoms with van der Waals surface area (Å²) < 4.78 is 32.7. The number of hydrogen-bond donors (Lipinski definition) is 1. The van der Waals surface area contributed by atoms with Gasteiger partial charge in [-0.15, -0.1) is 11.3 Å². The van der Waals surface area contributed by atoms with E-state index in [9.17, 15) is 13.2 Å². The van der Waals surface area contributed by atoms with Crippen LogP contribution in [0.4, 0.5) is 0 Å². The average molecular weight is 421 g/mol. The number of sulfonamides is 1. The lowest BCUT2D eigenvalue weighted by Gasteiger charge is -2.15. The van der Waals surface area contributed by atoms with Gasteiger partial charge in [-0.05, 0) is 41.8 Å². The summed E-state index contributed by atoms with van der Waals surface area (Å²) in [5.74, 6) is 0.353. The first-order valence-corrected chi connectivity index (χ1v) is 10.7. The lowest BCUT2D eigenvalue weighted by Crippen LogP contribution is -2.37. The fraction of sp³-hybridized carbons (Fsp3) is 0.222. The van der Waals surface area contributed by atoms with Crippen LogP contribution in [0.5, 0.6) is 5.75 Å². The molecule has 0 saturated carbocycles. The van der Waals surface area contributed by atoms with Gasteiger partial charge in [0, 0.05) is 13.2 Å². The number of thiophene rings is 1. The Kier molecular flexibility index (Phi) is 6.12.